The molecule has 0 unspecified atom stereocenters. The summed E-state index contributed by atoms with van der Waals surface area (Å²) >= 11 is 0. The second-order valence-corrected chi connectivity index (χ2v) is 1.48. The number of aromatic nitrogens is 2. The fraction of sp³-hybridized carbons (Fsp3) is 0.500. The Balaban J connectivity index is 2.84. The van der Waals surface area contributed by atoms with Gasteiger partial charge in [-0.25, -0.2) is 0 Å². The largest absolute Gasteiger partial charge is 0.304 e. The summed E-state index contributed by atoms with van der Waals surface area (Å²) in [6, 6.07) is 0. The van der Waals surface area contributed by atoms with Gasteiger partial charge < -0.3 is 4.52 Å². The molecule has 0 atom stereocenters. The number of hydrogen-bond acceptors (Lipinski definition) is 3. The van der Waals surface area contributed by atoms with E-state index in [1.54, 1.807) is 13.2 Å². The van der Waals surface area contributed by atoms with Crippen molar-refractivity contribution in [1.29, 1.82) is 0 Å². The highest BCUT2D eigenvalue weighted by Gasteiger charge is 2.01. The number of nitrogens with zero attached hydrogens (tertiary/aromatic N) is 2. The van der Waals surface area contributed by atoms with E-state index in [9.17, 15) is 0 Å². The molecule has 0 aliphatic heterocycles. The zero-order valence-corrected chi connectivity index (χ0v) is 4.88. The third-order valence-corrected chi connectivity index (χ3v) is 0.806. The summed E-state index contributed by atoms with van der Waals surface area (Å²) < 4.78 is 4.71. The Labute approximate surface area is 47.0 Å². The van der Waals surface area contributed by atoms with Crippen LogP contribution in [0.25, 0.3) is 0 Å². The normalized spacial score (nSPS) is 9.25. The van der Waals surface area contributed by atoms with E-state index in [-0.39, 0.29) is 0 Å². The summed E-state index contributed by atoms with van der Waals surface area (Å²) in [6.07, 6.45) is 1.75. The maximum Gasteiger partial charge on any atom is 0.274 e. The average Bonchev–Trinajstić information content (AvgIpc) is 2.14. The smallest absolute Gasteiger partial charge is 0.274 e. The van der Waals surface area contributed by atoms with Crippen LogP contribution in [-0.2, 0) is 0 Å². The molecule has 1 aromatic heterocycles. The van der Waals surface area contributed by atoms with Gasteiger partial charge in [-0.2, -0.15) is 5.43 Å². The summed E-state index contributed by atoms with van der Waals surface area (Å²) in [5.74, 6) is 0.791. The predicted molar refractivity (Wildman–Crippen MR) is 26.7 cm³/mol. The van der Waals surface area contributed by atoms with E-state index >= 15 is 0 Å². The Morgan fingerprint density at radius 1 is 1.88 bits per heavy atom. The third-order valence-electron chi connectivity index (χ3n) is 0.806. The molecule has 0 saturated carbocycles. The summed E-state index contributed by atoms with van der Waals surface area (Å²) in [6.45, 7) is 1.83. The quantitative estimate of drug-likeness (QED) is 0.498. The summed E-state index contributed by atoms with van der Waals surface area (Å²) in [5, 5.41) is 3.56. The SMILES string of the molecule is CN[n+]1cc(C)on1. The molecular formula is C4H8N3O+. The van der Waals surface area contributed by atoms with Gasteiger partial charge in [0.15, 0.2) is 0 Å². The first kappa shape index (κ1) is 5.08. The van der Waals surface area contributed by atoms with Crippen molar-refractivity contribution >= 4 is 0 Å². The highest BCUT2D eigenvalue weighted by molar-refractivity contribution is 4.73. The van der Waals surface area contributed by atoms with E-state index in [0.717, 1.165) is 5.76 Å². The highest BCUT2D eigenvalue weighted by atomic mass is 16.5. The topological polar surface area (TPSA) is 41.9 Å². The molecule has 0 aliphatic rings. The summed E-state index contributed by atoms with van der Waals surface area (Å²) in [5.41, 5.74) is 2.76. The fourth-order valence-electron chi connectivity index (χ4n) is 0.433. The molecule has 0 saturated heterocycles. The minimum atomic E-state index is 0.791. The molecular weight excluding hydrogens is 106 g/mol. The summed E-state index contributed by atoms with van der Waals surface area (Å²) in [7, 11) is 1.77. The van der Waals surface area contributed by atoms with Gasteiger partial charge in [-0.1, -0.05) is 0 Å². The van der Waals surface area contributed by atoms with Crippen LogP contribution in [0.2, 0.25) is 0 Å². The van der Waals surface area contributed by atoms with Crippen molar-refractivity contribution in [2.45, 2.75) is 6.92 Å². The second kappa shape index (κ2) is 1.81. The fourth-order valence-corrected chi connectivity index (χ4v) is 0.433. The second-order valence-electron chi connectivity index (χ2n) is 1.48. The predicted octanol–water partition coefficient (Wildman–Crippen LogP) is -0.556. The number of rotatable bonds is 1. The van der Waals surface area contributed by atoms with Gasteiger partial charge in [0, 0.05) is 6.92 Å². The molecule has 1 aromatic rings. The van der Waals surface area contributed by atoms with Gasteiger partial charge in [-0.05, 0) is 0 Å². The molecule has 0 fully saturated rings. The Kier molecular flexibility index (Phi) is 1.15. The van der Waals surface area contributed by atoms with Crippen molar-refractivity contribution in [3.05, 3.63) is 12.0 Å². The Morgan fingerprint density at radius 3 is 2.88 bits per heavy atom. The van der Waals surface area contributed by atoms with E-state index in [1.807, 2.05) is 6.92 Å². The van der Waals surface area contributed by atoms with E-state index < -0.39 is 0 Å². The molecule has 0 amide bonds. The van der Waals surface area contributed by atoms with Crippen molar-refractivity contribution in [2.24, 2.45) is 0 Å². The molecule has 0 bridgehead atoms. The van der Waals surface area contributed by atoms with Gasteiger partial charge in [0.05, 0.1) is 11.8 Å². The van der Waals surface area contributed by atoms with Gasteiger partial charge in [-0.3, -0.25) is 0 Å². The van der Waals surface area contributed by atoms with Crippen LogP contribution < -0.4 is 10.2 Å². The van der Waals surface area contributed by atoms with E-state index in [2.05, 4.69) is 10.7 Å². The van der Waals surface area contributed by atoms with Crippen LogP contribution >= 0.6 is 0 Å². The first-order valence-electron chi connectivity index (χ1n) is 2.36. The minimum Gasteiger partial charge on any atom is -0.304 e. The van der Waals surface area contributed by atoms with Crippen molar-refractivity contribution < 1.29 is 9.31 Å². The third kappa shape index (κ3) is 0.776. The van der Waals surface area contributed by atoms with Crippen LogP contribution in [0.5, 0.6) is 0 Å². The van der Waals surface area contributed by atoms with Gasteiger partial charge in [0.2, 0.25) is 11.0 Å². The zero-order chi connectivity index (χ0) is 5.98. The molecule has 1 N–H and O–H groups in total. The molecule has 4 nitrogen and oxygen atoms in total. The Morgan fingerprint density at radius 2 is 2.62 bits per heavy atom. The molecule has 1 heterocycles. The minimum absolute atomic E-state index is 0.791. The van der Waals surface area contributed by atoms with E-state index in [1.165, 1.54) is 4.79 Å². The van der Waals surface area contributed by atoms with Crippen molar-refractivity contribution in [1.82, 2.24) is 5.27 Å². The van der Waals surface area contributed by atoms with Crippen LogP contribution in [-0.4, -0.2) is 12.3 Å². The molecule has 0 aromatic carbocycles. The Bertz CT molecular complexity index is 172. The Hall–Kier alpha value is -1.06. The molecule has 1 rings (SSSR count). The van der Waals surface area contributed by atoms with Crippen LogP contribution in [0, 0.1) is 6.92 Å². The lowest BCUT2D eigenvalue weighted by atomic mass is 10.6. The van der Waals surface area contributed by atoms with E-state index in [4.69, 9.17) is 4.52 Å². The van der Waals surface area contributed by atoms with Gasteiger partial charge >= 0.3 is 0 Å². The molecule has 4 heteroatoms. The van der Waals surface area contributed by atoms with Crippen molar-refractivity contribution in [3.63, 3.8) is 0 Å². The number of nitrogens with one attached hydrogen (secondary N) is 1. The average molecular weight is 114 g/mol. The maximum absolute atomic E-state index is 4.71. The van der Waals surface area contributed by atoms with Gasteiger partial charge in [0.25, 0.3) is 6.20 Å². The standard InChI is InChI=1S/C4H8N3O/c1-4-3-7(5-2)6-8-4/h3H,1-2H3,(H,5,6)/q+1. The van der Waals surface area contributed by atoms with Gasteiger partial charge in [-0.15, -0.1) is 0 Å². The molecule has 0 spiro atoms. The molecule has 0 aliphatic carbocycles. The molecule has 44 valence electrons. The molecule has 8 heavy (non-hydrogen) atoms. The van der Waals surface area contributed by atoms with Crippen LogP contribution in [0.15, 0.2) is 10.7 Å². The van der Waals surface area contributed by atoms with Crippen LogP contribution in [0.4, 0.5) is 0 Å². The van der Waals surface area contributed by atoms with Gasteiger partial charge in [0.1, 0.15) is 0 Å². The molecule has 0 radical (unpaired) electrons. The lowest BCUT2D eigenvalue weighted by Crippen LogP contribution is -2.43. The first-order valence-corrected chi connectivity index (χ1v) is 2.36. The van der Waals surface area contributed by atoms with Crippen molar-refractivity contribution in [3.8, 4) is 0 Å². The lowest BCUT2D eigenvalue weighted by Gasteiger charge is -1.73. The first-order chi connectivity index (χ1) is 3.83. The van der Waals surface area contributed by atoms with Crippen LogP contribution in [0.3, 0.4) is 0 Å². The zero-order valence-electron chi connectivity index (χ0n) is 4.88. The number of aryl methyl sites for hydroxylation is 1. The highest BCUT2D eigenvalue weighted by Crippen LogP contribution is 1.82. The summed E-state index contributed by atoms with van der Waals surface area (Å²) in [4.78, 5) is 1.50. The van der Waals surface area contributed by atoms with E-state index in [0.29, 0.717) is 0 Å². The van der Waals surface area contributed by atoms with Crippen molar-refractivity contribution in [2.75, 3.05) is 12.5 Å². The monoisotopic (exact) mass is 114 g/mol. The number of hydrogen-bond donors (Lipinski definition) is 1. The maximum atomic E-state index is 4.71. The van der Waals surface area contributed by atoms with Crippen LogP contribution in [0.1, 0.15) is 5.76 Å². The lowest BCUT2D eigenvalue weighted by molar-refractivity contribution is -0.717.